The van der Waals surface area contributed by atoms with Crippen molar-refractivity contribution in [3.63, 3.8) is 0 Å². The highest BCUT2D eigenvalue weighted by Crippen LogP contribution is 2.32. The number of ether oxygens (including phenoxy) is 2. The van der Waals surface area contributed by atoms with Gasteiger partial charge in [-0.2, -0.15) is 4.98 Å². The Morgan fingerprint density at radius 2 is 1.83 bits per heavy atom. The Balaban J connectivity index is 1.89. The number of carbonyl (C=O) groups excluding carboxylic acids is 2. The van der Waals surface area contributed by atoms with E-state index in [1.54, 1.807) is 11.0 Å². The maximum Gasteiger partial charge on any atom is 0.410 e. The molecule has 158 valence electrons. The number of anilines is 1. The number of amides is 1. The zero-order chi connectivity index (χ0) is 21.5. The van der Waals surface area contributed by atoms with Crippen LogP contribution in [0.2, 0.25) is 5.02 Å². The third kappa shape index (κ3) is 4.42. The molecule has 1 aliphatic heterocycles. The predicted molar refractivity (Wildman–Crippen MR) is 110 cm³/mol. The fraction of sp³-hybridized carbons (Fsp3) is 0.550. The summed E-state index contributed by atoms with van der Waals surface area (Å²) in [6.45, 7) is 10.4. The lowest BCUT2D eigenvalue weighted by atomic mass is 10.1. The van der Waals surface area contributed by atoms with Crippen molar-refractivity contribution in [1.82, 2.24) is 9.88 Å². The average Bonchev–Trinajstić information content (AvgIpc) is 3.01. The van der Waals surface area contributed by atoms with Crippen molar-refractivity contribution in [2.45, 2.75) is 52.3 Å². The second-order valence-corrected chi connectivity index (χ2v) is 8.72. The van der Waals surface area contributed by atoms with E-state index in [0.717, 1.165) is 0 Å². The van der Waals surface area contributed by atoms with Gasteiger partial charge in [-0.3, -0.25) is 0 Å². The van der Waals surface area contributed by atoms with Crippen molar-refractivity contribution in [3.8, 4) is 0 Å². The van der Waals surface area contributed by atoms with Gasteiger partial charge in [-0.05, 0) is 40.7 Å². The first-order valence-electron chi connectivity index (χ1n) is 9.45. The molecule has 0 radical (unpaired) electrons. The predicted octanol–water partition coefficient (Wildman–Crippen LogP) is 4.10. The number of hydrogen-bond donors (Lipinski definition) is 0. The van der Waals surface area contributed by atoms with Crippen molar-refractivity contribution >= 4 is 40.8 Å². The van der Waals surface area contributed by atoms with Gasteiger partial charge >= 0.3 is 12.1 Å². The van der Waals surface area contributed by atoms with E-state index in [0.29, 0.717) is 35.2 Å². The summed E-state index contributed by atoms with van der Waals surface area (Å²) in [5, 5.41) is 0.358. The fourth-order valence-electron chi connectivity index (χ4n) is 3.54. The van der Waals surface area contributed by atoms with Gasteiger partial charge in [-0.15, -0.1) is 0 Å². The summed E-state index contributed by atoms with van der Waals surface area (Å²) in [5.41, 5.74) is 0.495. The van der Waals surface area contributed by atoms with E-state index < -0.39 is 11.6 Å². The van der Waals surface area contributed by atoms with Gasteiger partial charge in [0.05, 0.1) is 12.7 Å². The molecule has 0 saturated carbocycles. The summed E-state index contributed by atoms with van der Waals surface area (Å²) in [7, 11) is 1.30. The van der Waals surface area contributed by atoms with Crippen LogP contribution in [0.1, 0.15) is 45.0 Å². The van der Waals surface area contributed by atoms with Crippen molar-refractivity contribution in [3.05, 3.63) is 22.7 Å². The van der Waals surface area contributed by atoms with Crippen LogP contribution in [-0.2, 0) is 9.47 Å². The van der Waals surface area contributed by atoms with Crippen LogP contribution >= 0.6 is 11.6 Å². The maximum atomic E-state index is 12.5. The van der Waals surface area contributed by atoms with Crippen molar-refractivity contribution in [2.75, 3.05) is 25.1 Å². The molecule has 1 fully saturated rings. The van der Waals surface area contributed by atoms with Crippen LogP contribution in [0.25, 0.3) is 11.1 Å². The summed E-state index contributed by atoms with van der Waals surface area (Å²) in [4.78, 5) is 32.8. The molecule has 2 heterocycles. The standard InChI is InChI=1S/C20H26ClN3O5/c1-11-9-23(19(26)29-20(3,4)5)10-12(2)24(11)18-22-16-14(17(25)27-6)7-13(21)8-15(16)28-18/h7-8,11-12H,9-10H2,1-6H3. The third-order valence-corrected chi connectivity index (χ3v) is 4.86. The first kappa shape index (κ1) is 21.2. The topological polar surface area (TPSA) is 85.1 Å². The molecule has 2 aromatic rings. The zero-order valence-electron chi connectivity index (χ0n) is 17.5. The van der Waals surface area contributed by atoms with Crippen molar-refractivity contribution in [2.24, 2.45) is 0 Å². The molecule has 0 spiro atoms. The summed E-state index contributed by atoms with van der Waals surface area (Å²) < 4.78 is 16.2. The minimum atomic E-state index is -0.551. The number of methoxy groups -OCH3 is 1. The average molecular weight is 424 g/mol. The van der Waals surface area contributed by atoms with E-state index in [2.05, 4.69) is 4.98 Å². The Labute approximate surface area is 174 Å². The van der Waals surface area contributed by atoms with Gasteiger partial charge in [0.2, 0.25) is 0 Å². The number of benzene rings is 1. The molecule has 0 N–H and O–H groups in total. The van der Waals surface area contributed by atoms with E-state index in [-0.39, 0.29) is 23.7 Å². The molecule has 1 aromatic heterocycles. The largest absolute Gasteiger partial charge is 0.465 e. The quantitative estimate of drug-likeness (QED) is 0.672. The monoisotopic (exact) mass is 423 g/mol. The molecule has 2 atom stereocenters. The number of hydrogen-bond acceptors (Lipinski definition) is 7. The number of nitrogens with zero attached hydrogens (tertiary/aromatic N) is 3. The summed E-state index contributed by atoms with van der Waals surface area (Å²) in [5.74, 6) is -0.534. The van der Waals surface area contributed by atoms with Gasteiger partial charge in [-0.1, -0.05) is 11.6 Å². The molecule has 1 aromatic carbocycles. The number of rotatable bonds is 2. The molecule has 1 aliphatic rings. The van der Waals surface area contributed by atoms with Gasteiger partial charge in [-0.25, -0.2) is 9.59 Å². The second kappa shape index (κ2) is 7.74. The highest BCUT2D eigenvalue weighted by molar-refractivity contribution is 6.31. The Morgan fingerprint density at radius 3 is 2.38 bits per heavy atom. The molecule has 29 heavy (non-hydrogen) atoms. The zero-order valence-corrected chi connectivity index (χ0v) is 18.2. The van der Waals surface area contributed by atoms with Gasteiger partial charge in [0, 0.05) is 36.3 Å². The van der Waals surface area contributed by atoms with Gasteiger partial charge in [0.15, 0.2) is 5.58 Å². The minimum absolute atomic E-state index is 0.0728. The Kier molecular flexibility index (Phi) is 5.67. The fourth-order valence-corrected chi connectivity index (χ4v) is 3.74. The molecule has 1 saturated heterocycles. The number of piperazine rings is 1. The first-order chi connectivity index (χ1) is 13.5. The second-order valence-electron chi connectivity index (χ2n) is 8.28. The highest BCUT2D eigenvalue weighted by atomic mass is 35.5. The molecule has 0 aliphatic carbocycles. The minimum Gasteiger partial charge on any atom is -0.465 e. The number of halogens is 1. The number of aromatic nitrogens is 1. The van der Waals surface area contributed by atoms with Gasteiger partial charge in [0.1, 0.15) is 11.1 Å². The van der Waals surface area contributed by atoms with E-state index in [4.69, 9.17) is 25.5 Å². The van der Waals surface area contributed by atoms with Crippen molar-refractivity contribution in [1.29, 1.82) is 0 Å². The molecule has 3 rings (SSSR count). The SMILES string of the molecule is COC(=O)c1cc(Cl)cc2oc(N3C(C)CN(C(=O)OC(C)(C)C)CC3C)nc12. The lowest BCUT2D eigenvalue weighted by Crippen LogP contribution is -2.59. The molecule has 1 amide bonds. The molecular weight excluding hydrogens is 398 g/mol. The molecule has 2 unspecified atom stereocenters. The van der Waals surface area contributed by atoms with Crippen LogP contribution < -0.4 is 4.90 Å². The molecular formula is C20H26ClN3O5. The van der Waals surface area contributed by atoms with Crippen LogP contribution in [0.3, 0.4) is 0 Å². The lowest BCUT2D eigenvalue weighted by molar-refractivity contribution is 0.0189. The molecule has 9 heteroatoms. The van der Waals surface area contributed by atoms with Crippen molar-refractivity contribution < 1.29 is 23.5 Å². The normalized spacial score (nSPS) is 20.1. The van der Waals surface area contributed by atoms with E-state index >= 15 is 0 Å². The number of carbonyl (C=O) groups is 2. The summed E-state index contributed by atoms with van der Waals surface area (Å²) in [6.07, 6.45) is -0.340. The Hall–Kier alpha value is -2.48. The first-order valence-corrected chi connectivity index (χ1v) is 9.82. The van der Waals surface area contributed by atoms with E-state index in [1.165, 1.54) is 13.2 Å². The third-order valence-electron chi connectivity index (χ3n) is 4.65. The molecule has 8 nitrogen and oxygen atoms in total. The Morgan fingerprint density at radius 1 is 1.21 bits per heavy atom. The van der Waals surface area contributed by atoms with Crippen LogP contribution in [0.5, 0.6) is 0 Å². The number of oxazole rings is 1. The summed E-state index contributed by atoms with van der Waals surface area (Å²) in [6, 6.07) is 3.35. The van der Waals surface area contributed by atoms with Crippen LogP contribution in [0.15, 0.2) is 16.5 Å². The van der Waals surface area contributed by atoms with Crippen LogP contribution in [0.4, 0.5) is 10.8 Å². The smallest absolute Gasteiger partial charge is 0.410 e. The number of fused-ring (bicyclic) bond motifs is 1. The van der Waals surface area contributed by atoms with E-state index in [1.807, 2.05) is 39.5 Å². The van der Waals surface area contributed by atoms with E-state index in [9.17, 15) is 9.59 Å². The van der Waals surface area contributed by atoms with Crippen LogP contribution in [-0.4, -0.2) is 59.8 Å². The highest BCUT2D eigenvalue weighted by Gasteiger charge is 2.36. The Bertz CT molecular complexity index is 924. The summed E-state index contributed by atoms with van der Waals surface area (Å²) >= 11 is 6.12. The van der Waals surface area contributed by atoms with Crippen LogP contribution in [0, 0.1) is 0 Å². The maximum absolute atomic E-state index is 12.5. The number of esters is 1. The molecule has 0 bridgehead atoms. The van der Waals surface area contributed by atoms with Gasteiger partial charge in [0.25, 0.3) is 6.01 Å². The van der Waals surface area contributed by atoms with Gasteiger partial charge < -0.3 is 23.7 Å². The lowest BCUT2D eigenvalue weighted by Gasteiger charge is -2.43.